The summed E-state index contributed by atoms with van der Waals surface area (Å²) >= 11 is 0. The van der Waals surface area contributed by atoms with E-state index in [-0.39, 0.29) is 11.6 Å². The fraction of sp³-hybridized carbons (Fsp3) is 0.241. The van der Waals surface area contributed by atoms with E-state index < -0.39 is 24.3 Å². The lowest BCUT2D eigenvalue weighted by Gasteiger charge is -2.21. The minimum atomic E-state index is -5.08. The number of carboxylic acid groups (broad SMARTS) is 2. The summed E-state index contributed by atoms with van der Waals surface area (Å²) in [4.78, 5) is 41.4. The van der Waals surface area contributed by atoms with Crippen molar-refractivity contribution in [2.45, 2.75) is 31.9 Å². The van der Waals surface area contributed by atoms with Crippen LogP contribution in [0.2, 0.25) is 0 Å². The molecule has 0 fully saturated rings. The summed E-state index contributed by atoms with van der Waals surface area (Å²) in [7, 11) is 0. The number of alkyl halides is 6. The Morgan fingerprint density at radius 3 is 1.67 bits per heavy atom. The molecular weight excluding hydrogens is 628 g/mol. The molecule has 246 valence electrons. The molecule has 4 aromatic rings. The topological polar surface area (TPSA) is 159 Å². The Balaban J connectivity index is 0.000000440. The van der Waals surface area contributed by atoms with Crippen molar-refractivity contribution < 1.29 is 55.5 Å². The van der Waals surface area contributed by atoms with Crippen molar-refractivity contribution in [3.63, 3.8) is 0 Å². The molecule has 0 spiro atoms. The summed E-state index contributed by atoms with van der Waals surface area (Å²) in [6.45, 7) is 2.76. The van der Waals surface area contributed by atoms with Gasteiger partial charge < -0.3 is 20.1 Å². The van der Waals surface area contributed by atoms with Crippen molar-refractivity contribution in [3.8, 4) is 11.3 Å². The van der Waals surface area contributed by atoms with Gasteiger partial charge in [0.1, 0.15) is 0 Å². The third kappa shape index (κ3) is 14.0. The van der Waals surface area contributed by atoms with Crippen molar-refractivity contribution in [1.29, 1.82) is 0 Å². The average molecular weight is 656 g/mol. The van der Waals surface area contributed by atoms with E-state index in [9.17, 15) is 31.1 Å². The van der Waals surface area contributed by atoms with E-state index in [0.717, 1.165) is 43.0 Å². The fourth-order valence-electron chi connectivity index (χ4n) is 3.37. The largest absolute Gasteiger partial charge is 0.490 e. The number of rotatable bonds is 10. The summed E-state index contributed by atoms with van der Waals surface area (Å²) in [6.07, 6.45) is -5.78. The van der Waals surface area contributed by atoms with Crippen LogP contribution in [0, 0.1) is 0 Å². The second-order valence-electron chi connectivity index (χ2n) is 9.01. The molecule has 11 nitrogen and oxygen atoms in total. The van der Waals surface area contributed by atoms with E-state index in [1.165, 1.54) is 0 Å². The maximum absolute atomic E-state index is 12.4. The second-order valence-corrected chi connectivity index (χ2v) is 9.01. The van der Waals surface area contributed by atoms with Crippen molar-refractivity contribution in [2.24, 2.45) is 0 Å². The van der Waals surface area contributed by atoms with Crippen molar-refractivity contribution in [2.75, 3.05) is 13.1 Å². The Kier molecular flexibility index (Phi) is 14.3. The van der Waals surface area contributed by atoms with Crippen molar-refractivity contribution in [1.82, 2.24) is 25.3 Å². The number of amides is 1. The van der Waals surface area contributed by atoms with Crippen LogP contribution in [0.4, 0.5) is 26.3 Å². The first-order valence-corrected chi connectivity index (χ1v) is 13.1. The van der Waals surface area contributed by atoms with Crippen LogP contribution in [0.25, 0.3) is 11.3 Å². The van der Waals surface area contributed by atoms with Gasteiger partial charge in [0.25, 0.3) is 5.91 Å². The van der Waals surface area contributed by atoms with Crippen molar-refractivity contribution in [3.05, 3.63) is 102 Å². The van der Waals surface area contributed by atoms with Crippen LogP contribution in [0.3, 0.4) is 0 Å². The molecule has 3 aromatic heterocycles. The molecule has 3 N–H and O–H groups in total. The second kappa shape index (κ2) is 17.8. The number of carboxylic acids is 2. The Morgan fingerprint density at radius 1 is 0.761 bits per heavy atom. The van der Waals surface area contributed by atoms with Crippen LogP contribution in [0.5, 0.6) is 0 Å². The van der Waals surface area contributed by atoms with Gasteiger partial charge in [0.2, 0.25) is 0 Å². The van der Waals surface area contributed by atoms with Gasteiger partial charge in [0, 0.05) is 50.2 Å². The summed E-state index contributed by atoms with van der Waals surface area (Å²) in [5.74, 6) is -5.18. The first-order valence-electron chi connectivity index (χ1n) is 13.1. The molecule has 4 rings (SSSR count). The predicted octanol–water partition coefficient (Wildman–Crippen LogP) is 5.22. The molecule has 0 radical (unpaired) electrons. The van der Waals surface area contributed by atoms with Crippen LogP contribution in [0.1, 0.15) is 28.3 Å². The summed E-state index contributed by atoms with van der Waals surface area (Å²) in [5.41, 5.74) is 3.17. The van der Waals surface area contributed by atoms with Gasteiger partial charge >= 0.3 is 24.3 Å². The predicted molar refractivity (Wildman–Crippen MR) is 149 cm³/mol. The minimum absolute atomic E-state index is 0.239. The fourth-order valence-corrected chi connectivity index (χ4v) is 3.37. The molecule has 3 heterocycles. The molecule has 0 saturated carbocycles. The van der Waals surface area contributed by atoms with Gasteiger partial charge in [0.05, 0.1) is 11.4 Å². The molecule has 0 saturated heterocycles. The average Bonchev–Trinajstić information content (AvgIpc) is 3.51. The van der Waals surface area contributed by atoms with Crippen LogP contribution >= 0.6 is 0 Å². The van der Waals surface area contributed by atoms with E-state index >= 15 is 0 Å². The van der Waals surface area contributed by atoms with Crippen LogP contribution in [-0.2, 0) is 22.7 Å². The van der Waals surface area contributed by atoms with Crippen LogP contribution < -0.4 is 5.32 Å². The highest BCUT2D eigenvalue weighted by molar-refractivity contribution is 5.93. The molecule has 17 heteroatoms. The molecule has 0 atom stereocenters. The normalized spacial score (nSPS) is 11.0. The first kappa shape index (κ1) is 36.9. The van der Waals surface area contributed by atoms with Crippen LogP contribution in [-0.4, -0.2) is 73.5 Å². The third-order valence-corrected chi connectivity index (χ3v) is 5.45. The van der Waals surface area contributed by atoms with E-state index in [1.54, 1.807) is 18.5 Å². The van der Waals surface area contributed by atoms with E-state index in [4.69, 9.17) is 24.3 Å². The van der Waals surface area contributed by atoms with Gasteiger partial charge in [-0.15, -0.1) is 0 Å². The Bertz CT molecular complexity index is 1440. The SMILES string of the molecule is O=C(NCCCN(Cc1ccccn1)Cc1ccccn1)c1cc(-c2ccccc2)on1.O=C(O)C(F)(F)F.O=C(O)C(F)(F)F. The number of aromatic nitrogens is 3. The number of nitrogens with one attached hydrogen (secondary N) is 1. The van der Waals surface area contributed by atoms with Gasteiger partial charge in [-0.2, -0.15) is 26.3 Å². The standard InChI is InChI=1S/C25H25N5O2.2C2HF3O2/c31-25(23-17-24(32-29-23)20-9-2-1-3-10-20)28-15-8-16-30(18-21-11-4-6-13-26-21)19-22-12-5-7-14-27-22;2*3-2(4,5)1(6)7/h1-7,9-14,17H,8,15-16,18-19H2,(H,28,31);2*(H,6,7). The maximum atomic E-state index is 12.4. The minimum Gasteiger partial charge on any atom is -0.475 e. The maximum Gasteiger partial charge on any atom is 0.490 e. The molecule has 0 aliphatic heterocycles. The lowest BCUT2D eigenvalue weighted by atomic mass is 10.1. The Morgan fingerprint density at radius 2 is 1.24 bits per heavy atom. The molecular formula is C29H27F6N5O6. The zero-order valence-corrected chi connectivity index (χ0v) is 23.7. The zero-order valence-electron chi connectivity index (χ0n) is 23.7. The number of aliphatic carboxylic acids is 2. The zero-order chi connectivity index (χ0) is 34.2. The monoisotopic (exact) mass is 655 g/mol. The Hall–Kier alpha value is -5.32. The van der Waals surface area contributed by atoms with Gasteiger partial charge in [0.15, 0.2) is 11.5 Å². The van der Waals surface area contributed by atoms with E-state index in [2.05, 4.69) is 25.3 Å². The smallest absolute Gasteiger partial charge is 0.475 e. The van der Waals surface area contributed by atoms with Gasteiger partial charge in [-0.1, -0.05) is 47.6 Å². The first-order chi connectivity index (χ1) is 21.7. The molecule has 0 bridgehead atoms. The summed E-state index contributed by atoms with van der Waals surface area (Å²) in [6, 6.07) is 23.1. The Labute approximate surface area is 257 Å². The van der Waals surface area contributed by atoms with E-state index in [1.807, 2.05) is 66.7 Å². The number of benzene rings is 1. The van der Waals surface area contributed by atoms with Gasteiger partial charge in [-0.3, -0.25) is 19.7 Å². The summed E-state index contributed by atoms with van der Waals surface area (Å²) < 4.78 is 68.8. The lowest BCUT2D eigenvalue weighted by Crippen LogP contribution is -2.30. The molecule has 46 heavy (non-hydrogen) atoms. The number of nitrogens with zero attached hydrogens (tertiary/aromatic N) is 4. The number of halogens is 6. The molecule has 0 aliphatic carbocycles. The highest BCUT2D eigenvalue weighted by Gasteiger charge is 2.38. The van der Waals surface area contributed by atoms with Gasteiger partial charge in [-0.05, 0) is 30.7 Å². The van der Waals surface area contributed by atoms with E-state index in [0.29, 0.717) is 12.3 Å². The number of hydrogen-bond acceptors (Lipinski definition) is 8. The molecule has 1 aromatic carbocycles. The summed E-state index contributed by atoms with van der Waals surface area (Å²) in [5, 5.41) is 21.1. The highest BCUT2D eigenvalue weighted by Crippen LogP contribution is 2.19. The highest BCUT2D eigenvalue weighted by atomic mass is 19.4. The number of carbonyl (C=O) groups is 3. The third-order valence-electron chi connectivity index (χ3n) is 5.45. The van der Waals surface area contributed by atoms with Gasteiger partial charge in [-0.25, -0.2) is 9.59 Å². The lowest BCUT2D eigenvalue weighted by molar-refractivity contribution is -0.193. The quantitative estimate of drug-likeness (QED) is 0.153. The molecule has 0 aliphatic rings. The number of pyridine rings is 2. The molecule has 1 amide bonds. The number of hydrogen-bond donors (Lipinski definition) is 3. The molecule has 0 unspecified atom stereocenters. The number of carbonyl (C=O) groups excluding carboxylic acids is 1. The van der Waals surface area contributed by atoms with Crippen molar-refractivity contribution >= 4 is 17.8 Å². The van der Waals surface area contributed by atoms with Crippen LogP contribution in [0.15, 0.2) is 89.7 Å².